The highest BCUT2D eigenvalue weighted by Gasteiger charge is 2.36. The lowest BCUT2D eigenvalue weighted by atomic mass is 9.90. The molecule has 2 aliphatic rings. The number of amides is 2. The summed E-state index contributed by atoms with van der Waals surface area (Å²) in [4.78, 5) is 38.1. The van der Waals surface area contributed by atoms with Crippen LogP contribution in [0.3, 0.4) is 0 Å². The van der Waals surface area contributed by atoms with Crippen LogP contribution in [0, 0.1) is 6.92 Å². The molecule has 2 amide bonds. The Morgan fingerprint density at radius 3 is 2.33 bits per heavy atom. The number of aryl methyl sites for hydroxylation is 1. The molecule has 0 bridgehead atoms. The summed E-state index contributed by atoms with van der Waals surface area (Å²) in [7, 11) is 0. The summed E-state index contributed by atoms with van der Waals surface area (Å²) in [5, 5.41) is 8.16. The number of halogens is 2. The average Bonchev–Trinajstić information content (AvgIpc) is 3.07. The normalized spacial score (nSPS) is 21.9. The summed E-state index contributed by atoms with van der Waals surface area (Å²) in [5.74, 6) is -0.132. The molecular formula is C21H22Cl2N4O3. The molecule has 2 aromatic rings. The molecule has 30 heavy (non-hydrogen) atoms. The fourth-order valence-electron chi connectivity index (χ4n) is 4.13. The van der Waals surface area contributed by atoms with Crippen molar-refractivity contribution in [1.82, 2.24) is 14.7 Å². The van der Waals surface area contributed by atoms with Gasteiger partial charge in [0.05, 0.1) is 17.6 Å². The lowest BCUT2D eigenvalue weighted by Crippen LogP contribution is -2.43. The van der Waals surface area contributed by atoms with E-state index in [2.05, 4.69) is 10.4 Å². The third-order valence-electron chi connectivity index (χ3n) is 5.83. The Hall–Kier alpha value is -2.38. The van der Waals surface area contributed by atoms with Crippen LogP contribution >= 0.6 is 23.2 Å². The predicted molar refractivity (Wildman–Crippen MR) is 115 cm³/mol. The summed E-state index contributed by atoms with van der Waals surface area (Å²) in [6.07, 6.45) is 5.19. The van der Waals surface area contributed by atoms with Crippen molar-refractivity contribution in [3.63, 3.8) is 0 Å². The van der Waals surface area contributed by atoms with Gasteiger partial charge in [-0.2, -0.15) is 9.78 Å². The Kier molecular flexibility index (Phi) is 5.84. The van der Waals surface area contributed by atoms with Gasteiger partial charge >= 0.3 is 0 Å². The van der Waals surface area contributed by atoms with E-state index in [9.17, 15) is 14.4 Å². The highest BCUT2D eigenvalue weighted by Crippen LogP contribution is 2.30. The third-order valence-corrected chi connectivity index (χ3v) is 6.60. The number of hydrogen-bond donors (Lipinski definition) is 1. The quantitative estimate of drug-likeness (QED) is 0.720. The summed E-state index contributed by atoms with van der Waals surface area (Å²) >= 11 is 12.5. The monoisotopic (exact) mass is 448 g/mol. The molecule has 1 aromatic carbocycles. The fourth-order valence-corrected chi connectivity index (χ4v) is 4.49. The Balaban J connectivity index is 1.45. The molecule has 0 spiro atoms. The molecule has 7 nitrogen and oxygen atoms in total. The van der Waals surface area contributed by atoms with Gasteiger partial charge in [0.2, 0.25) is 11.8 Å². The van der Waals surface area contributed by atoms with E-state index in [-0.39, 0.29) is 28.9 Å². The fraction of sp³-hybridized carbons (Fsp3) is 0.429. The molecule has 4 rings (SSSR count). The molecule has 0 radical (unpaired) electrons. The molecule has 1 saturated heterocycles. The van der Waals surface area contributed by atoms with E-state index in [1.54, 1.807) is 12.1 Å². The van der Waals surface area contributed by atoms with Crippen molar-refractivity contribution in [2.24, 2.45) is 0 Å². The van der Waals surface area contributed by atoms with E-state index in [4.69, 9.17) is 23.2 Å². The molecular weight excluding hydrogens is 427 g/mol. The van der Waals surface area contributed by atoms with E-state index >= 15 is 0 Å². The minimum Gasteiger partial charge on any atom is -0.380 e. The molecule has 1 aliphatic carbocycles. The molecule has 0 unspecified atom stereocenters. The predicted octanol–water partition coefficient (Wildman–Crippen LogP) is 3.72. The van der Waals surface area contributed by atoms with E-state index in [0.717, 1.165) is 31.2 Å². The lowest BCUT2D eigenvalue weighted by molar-refractivity contribution is -0.141. The molecule has 9 heteroatoms. The Labute approximate surface area is 184 Å². The van der Waals surface area contributed by atoms with Crippen LogP contribution in [0.15, 0.2) is 29.2 Å². The van der Waals surface area contributed by atoms with Gasteiger partial charge in [0.25, 0.3) is 5.56 Å². The van der Waals surface area contributed by atoms with Gasteiger partial charge in [0, 0.05) is 29.9 Å². The number of carbonyl (C=O) groups is 2. The largest absolute Gasteiger partial charge is 0.380 e. The van der Waals surface area contributed by atoms with Crippen molar-refractivity contribution in [2.45, 2.75) is 57.5 Å². The first-order valence-corrected chi connectivity index (χ1v) is 10.8. The number of nitrogens with one attached hydrogen (secondary N) is 1. The highest BCUT2D eigenvalue weighted by atomic mass is 35.5. The van der Waals surface area contributed by atoms with Gasteiger partial charge < -0.3 is 5.32 Å². The second-order valence-electron chi connectivity index (χ2n) is 7.83. The number of anilines is 1. The maximum absolute atomic E-state index is 12.7. The van der Waals surface area contributed by atoms with Gasteiger partial charge in [-0.25, -0.2) is 0 Å². The average molecular weight is 449 g/mol. The van der Waals surface area contributed by atoms with Gasteiger partial charge in [-0.05, 0) is 50.3 Å². The second-order valence-corrected chi connectivity index (χ2v) is 8.62. The SMILES string of the molecule is Cc1ccc(-n2ncc(NC3CCC(N4C(=O)CCC4=O)CC3)c(Cl)c2=O)cc1Cl. The number of benzene rings is 1. The van der Waals surface area contributed by atoms with Crippen LogP contribution in [0.1, 0.15) is 44.1 Å². The van der Waals surface area contributed by atoms with Gasteiger partial charge in [-0.3, -0.25) is 19.3 Å². The van der Waals surface area contributed by atoms with Crippen LogP contribution in [0.25, 0.3) is 5.69 Å². The van der Waals surface area contributed by atoms with Gasteiger partial charge in [0.1, 0.15) is 5.02 Å². The highest BCUT2D eigenvalue weighted by molar-refractivity contribution is 6.33. The second kappa shape index (κ2) is 8.40. The number of imide groups is 1. The molecule has 0 atom stereocenters. The van der Waals surface area contributed by atoms with Gasteiger partial charge in [0.15, 0.2) is 0 Å². The molecule has 1 aromatic heterocycles. The number of rotatable bonds is 4. The summed E-state index contributed by atoms with van der Waals surface area (Å²) in [6, 6.07) is 5.33. The maximum atomic E-state index is 12.7. The van der Waals surface area contributed by atoms with Crippen LogP contribution in [0.2, 0.25) is 10.0 Å². The van der Waals surface area contributed by atoms with Crippen LogP contribution in [0.4, 0.5) is 5.69 Å². The number of nitrogens with zero attached hydrogens (tertiary/aromatic N) is 3. The summed E-state index contributed by atoms with van der Waals surface area (Å²) in [5.41, 5.74) is 1.51. The maximum Gasteiger partial charge on any atom is 0.292 e. The van der Waals surface area contributed by atoms with Crippen LogP contribution in [-0.2, 0) is 9.59 Å². The first-order valence-electron chi connectivity index (χ1n) is 10.0. The van der Waals surface area contributed by atoms with Gasteiger partial charge in [-0.15, -0.1) is 0 Å². The number of hydrogen-bond acceptors (Lipinski definition) is 5. The van der Waals surface area contributed by atoms with Gasteiger partial charge in [-0.1, -0.05) is 29.3 Å². The molecule has 158 valence electrons. The number of aromatic nitrogens is 2. The lowest BCUT2D eigenvalue weighted by Gasteiger charge is -2.34. The molecule has 2 fully saturated rings. The summed E-state index contributed by atoms with van der Waals surface area (Å²) < 4.78 is 1.22. The van der Waals surface area contributed by atoms with Crippen molar-refractivity contribution in [3.05, 3.63) is 50.4 Å². The van der Waals surface area contributed by atoms with Crippen molar-refractivity contribution < 1.29 is 9.59 Å². The van der Waals surface area contributed by atoms with Crippen LogP contribution < -0.4 is 10.9 Å². The third kappa shape index (κ3) is 3.96. The van der Waals surface area contributed by atoms with Crippen molar-refractivity contribution >= 4 is 40.7 Å². The zero-order valence-corrected chi connectivity index (χ0v) is 18.0. The minimum atomic E-state index is -0.427. The first kappa shape index (κ1) is 20.9. The van der Waals surface area contributed by atoms with Crippen LogP contribution in [-0.4, -0.2) is 38.6 Å². The smallest absolute Gasteiger partial charge is 0.292 e. The van der Waals surface area contributed by atoms with E-state index in [1.807, 2.05) is 13.0 Å². The Bertz CT molecular complexity index is 1040. The molecule has 1 aliphatic heterocycles. The van der Waals surface area contributed by atoms with E-state index < -0.39 is 5.56 Å². The van der Waals surface area contributed by atoms with E-state index in [0.29, 0.717) is 29.2 Å². The topological polar surface area (TPSA) is 84.3 Å². The zero-order chi connectivity index (χ0) is 21.4. The van der Waals surface area contributed by atoms with E-state index in [1.165, 1.54) is 15.8 Å². The minimum absolute atomic E-state index is 0.0292. The summed E-state index contributed by atoms with van der Waals surface area (Å²) in [6.45, 7) is 1.88. The molecule has 1 N–H and O–H groups in total. The van der Waals surface area contributed by atoms with Crippen molar-refractivity contribution in [2.75, 3.05) is 5.32 Å². The number of likely N-dealkylation sites (tertiary alicyclic amines) is 1. The molecule has 2 heterocycles. The molecule has 1 saturated carbocycles. The standard InChI is InChI=1S/C21H22Cl2N4O3/c1-12-2-5-15(10-16(12)22)27-21(30)20(23)17(11-24-27)25-13-3-6-14(7-4-13)26-18(28)8-9-19(26)29/h2,5,10-11,13-14,25H,3-4,6-9H2,1H3. The van der Waals surface area contributed by atoms with Crippen molar-refractivity contribution in [1.29, 1.82) is 0 Å². The number of carbonyl (C=O) groups excluding carboxylic acids is 2. The first-order chi connectivity index (χ1) is 14.3. The Morgan fingerprint density at radius 2 is 1.70 bits per heavy atom. The van der Waals surface area contributed by atoms with Crippen LogP contribution in [0.5, 0.6) is 0 Å². The van der Waals surface area contributed by atoms with Crippen molar-refractivity contribution in [3.8, 4) is 5.69 Å². The zero-order valence-electron chi connectivity index (χ0n) is 16.5. The Morgan fingerprint density at radius 1 is 1.03 bits per heavy atom.